The fourth-order valence-corrected chi connectivity index (χ4v) is 1.10. The van der Waals surface area contributed by atoms with E-state index in [9.17, 15) is 9.59 Å². The number of Topliss-reactive ketones (excluding diaryl/α,β-unsaturated/α-hetero) is 1. The number of ketones is 1. The van der Waals surface area contributed by atoms with E-state index in [1.807, 2.05) is 0 Å². The average molecular weight is 217 g/mol. The number of rotatable bonds is 9. The van der Waals surface area contributed by atoms with Crippen LogP contribution in [0.1, 0.15) is 13.3 Å². The van der Waals surface area contributed by atoms with Crippen LogP contribution in [0.15, 0.2) is 0 Å². The second-order valence-electron chi connectivity index (χ2n) is 3.29. The Hall–Kier alpha value is -0.980. The molecule has 1 atom stereocenters. The third-order valence-electron chi connectivity index (χ3n) is 1.80. The van der Waals surface area contributed by atoms with Crippen LogP contribution in [0.2, 0.25) is 0 Å². The van der Waals surface area contributed by atoms with Crippen molar-refractivity contribution in [2.45, 2.75) is 19.4 Å². The lowest BCUT2D eigenvalue weighted by atomic mass is 10.1. The normalized spacial score (nSPS) is 12.4. The van der Waals surface area contributed by atoms with Gasteiger partial charge in [0.15, 0.2) is 0 Å². The molecule has 0 spiro atoms. The van der Waals surface area contributed by atoms with Crippen molar-refractivity contribution in [1.82, 2.24) is 10.6 Å². The Morgan fingerprint density at radius 1 is 1.33 bits per heavy atom. The highest BCUT2D eigenvalue weighted by Crippen LogP contribution is 1.92. The van der Waals surface area contributed by atoms with E-state index >= 15 is 0 Å². The highest BCUT2D eigenvalue weighted by atomic mass is 16.4. The van der Waals surface area contributed by atoms with Gasteiger partial charge in [-0.25, -0.2) is 0 Å². The molecule has 0 aliphatic carbocycles. The molecule has 0 aliphatic rings. The van der Waals surface area contributed by atoms with Gasteiger partial charge in [-0.15, -0.1) is 0 Å². The first-order valence-corrected chi connectivity index (χ1v) is 4.94. The van der Waals surface area contributed by atoms with Crippen molar-refractivity contribution in [2.75, 3.05) is 26.2 Å². The van der Waals surface area contributed by atoms with Crippen LogP contribution in [0.3, 0.4) is 0 Å². The second kappa shape index (κ2) is 8.34. The molecule has 88 valence electrons. The summed E-state index contributed by atoms with van der Waals surface area (Å²) in [5.74, 6) is -1.13. The van der Waals surface area contributed by atoms with Crippen LogP contribution >= 0.6 is 0 Å². The second-order valence-corrected chi connectivity index (χ2v) is 3.29. The van der Waals surface area contributed by atoms with Gasteiger partial charge in [0.1, 0.15) is 11.8 Å². The smallest absolute Gasteiger partial charge is 0.321 e. The first-order valence-electron chi connectivity index (χ1n) is 4.94. The topological polar surface area (TPSA) is 104 Å². The minimum Gasteiger partial charge on any atom is -0.480 e. The van der Waals surface area contributed by atoms with Crippen molar-refractivity contribution >= 4 is 11.8 Å². The molecule has 15 heavy (non-hydrogen) atoms. The van der Waals surface area contributed by atoms with Crippen LogP contribution in [-0.2, 0) is 9.59 Å². The lowest BCUT2D eigenvalue weighted by Crippen LogP contribution is -2.42. The van der Waals surface area contributed by atoms with Gasteiger partial charge in [-0.1, -0.05) is 0 Å². The third kappa shape index (κ3) is 8.04. The zero-order valence-corrected chi connectivity index (χ0v) is 8.95. The average Bonchev–Trinajstić information content (AvgIpc) is 2.15. The van der Waals surface area contributed by atoms with Gasteiger partial charge in [-0.2, -0.15) is 0 Å². The van der Waals surface area contributed by atoms with Gasteiger partial charge in [0.2, 0.25) is 0 Å². The molecule has 0 heterocycles. The van der Waals surface area contributed by atoms with E-state index in [4.69, 9.17) is 10.8 Å². The standard InChI is InChI=1S/C9H19N3O3/c1-7(13)6-8(9(14)15)12-5-4-11-3-2-10/h8,11-12H,2-6,10H2,1H3,(H,14,15). The number of hydrogen-bond donors (Lipinski definition) is 4. The molecular formula is C9H19N3O3. The van der Waals surface area contributed by atoms with Gasteiger partial charge in [-0.05, 0) is 6.92 Å². The zero-order valence-electron chi connectivity index (χ0n) is 8.95. The first kappa shape index (κ1) is 14.0. The van der Waals surface area contributed by atoms with Crippen LogP contribution in [0.25, 0.3) is 0 Å². The van der Waals surface area contributed by atoms with E-state index in [2.05, 4.69) is 10.6 Å². The Balaban J connectivity index is 3.67. The van der Waals surface area contributed by atoms with Crippen LogP contribution in [0, 0.1) is 0 Å². The van der Waals surface area contributed by atoms with Crippen molar-refractivity contribution in [2.24, 2.45) is 5.73 Å². The Bertz CT molecular complexity index is 209. The molecule has 6 nitrogen and oxygen atoms in total. The fraction of sp³-hybridized carbons (Fsp3) is 0.778. The fourth-order valence-electron chi connectivity index (χ4n) is 1.10. The van der Waals surface area contributed by atoms with Gasteiger partial charge in [0, 0.05) is 32.6 Å². The third-order valence-corrected chi connectivity index (χ3v) is 1.80. The molecule has 0 radical (unpaired) electrons. The molecule has 0 aliphatic heterocycles. The molecule has 0 bridgehead atoms. The number of aliphatic carboxylic acids is 1. The SMILES string of the molecule is CC(=O)CC(NCCNCCN)C(=O)O. The van der Waals surface area contributed by atoms with Crippen LogP contribution in [0.5, 0.6) is 0 Å². The molecule has 0 aromatic rings. The van der Waals surface area contributed by atoms with Crippen LogP contribution in [0.4, 0.5) is 0 Å². The predicted molar refractivity (Wildman–Crippen MR) is 56.6 cm³/mol. The summed E-state index contributed by atoms with van der Waals surface area (Å²) in [7, 11) is 0. The van der Waals surface area contributed by atoms with Gasteiger partial charge < -0.3 is 21.5 Å². The number of carboxylic acid groups (broad SMARTS) is 1. The summed E-state index contributed by atoms with van der Waals surface area (Å²) in [6.45, 7) is 3.77. The van der Waals surface area contributed by atoms with E-state index in [-0.39, 0.29) is 12.2 Å². The minimum absolute atomic E-state index is 0.0201. The van der Waals surface area contributed by atoms with Crippen LogP contribution < -0.4 is 16.4 Å². The van der Waals surface area contributed by atoms with E-state index in [0.29, 0.717) is 26.2 Å². The van der Waals surface area contributed by atoms with Gasteiger partial charge in [0.05, 0.1) is 0 Å². The van der Waals surface area contributed by atoms with Crippen molar-refractivity contribution in [3.63, 3.8) is 0 Å². The lowest BCUT2D eigenvalue weighted by molar-refractivity contribution is -0.141. The maximum atomic E-state index is 10.8. The lowest BCUT2D eigenvalue weighted by Gasteiger charge is -2.12. The maximum Gasteiger partial charge on any atom is 0.321 e. The highest BCUT2D eigenvalue weighted by Gasteiger charge is 2.17. The summed E-state index contributed by atoms with van der Waals surface area (Å²) in [4.78, 5) is 21.5. The zero-order chi connectivity index (χ0) is 11.7. The summed E-state index contributed by atoms with van der Waals surface area (Å²) < 4.78 is 0. The molecule has 0 amide bonds. The van der Waals surface area contributed by atoms with E-state index < -0.39 is 12.0 Å². The molecule has 0 aromatic carbocycles. The number of carboxylic acids is 1. The molecule has 5 N–H and O–H groups in total. The van der Waals surface area contributed by atoms with E-state index in [1.165, 1.54) is 6.92 Å². The molecule has 0 saturated carbocycles. The molecule has 0 fully saturated rings. The predicted octanol–water partition coefficient (Wildman–Crippen LogP) is -1.44. The van der Waals surface area contributed by atoms with Crippen molar-refractivity contribution in [1.29, 1.82) is 0 Å². The largest absolute Gasteiger partial charge is 0.480 e. The van der Waals surface area contributed by atoms with Gasteiger partial charge in [0.25, 0.3) is 0 Å². The first-order chi connectivity index (χ1) is 7.07. The number of nitrogens with two attached hydrogens (primary N) is 1. The van der Waals surface area contributed by atoms with E-state index in [0.717, 1.165) is 0 Å². The number of nitrogens with one attached hydrogen (secondary N) is 2. The molecular weight excluding hydrogens is 198 g/mol. The Morgan fingerprint density at radius 2 is 2.00 bits per heavy atom. The summed E-state index contributed by atoms with van der Waals surface area (Å²) in [6, 6.07) is -0.790. The van der Waals surface area contributed by atoms with Gasteiger partial charge >= 0.3 is 5.97 Å². The van der Waals surface area contributed by atoms with Crippen molar-refractivity contribution in [3.05, 3.63) is 0 Å². The molecule has 6 heteroatoms. The Kier molecular flexibility index (Phi) is 7.79. The van der Waals surface area contributed by atoms with Crippen molar-refractivity contribution < 1.29 is 14.7 Å². The quantitative estimate of drug-likeness (QED) is 0.352. The molecule has 0 rings (SSSR count). The summed E-state index contributed by atoms with van der Waals surface area (Å²) in [6.07, 6.45) is 0.0201. The molecule has 0 aromatic heterocycles. The van der Waals surface area contributed by atoms with Crippen LogP contribution in [-0.4, -0.2) is 49.1 Å². The number of hydrogen-bond acceptors (Lipinski definition) is 5. The monoisotopic (exact) mass is 217 g/mol. The van der Waals surface area contributed by atoms with Gasteiger partial charge in [-0.3, -0.25) is 9.59 Å². The summed E-state index contributed by atoms with van der Waals surface area (Å²) >= 11 is 0. The highest BCUT2D eigenvalue weighted by molar-refractivity contribution is 5.84. The van der Waals surface area contributed by atoms with Crippen molar-refractivity contribution in [3.8, 4) is 0 Å². The Labute approximate surface area is 89.2 Å². The number of carbonyl (C=O) groups is 2. The molecule has 0 saturated heterocycles. The summed E-state index contributed by atoms with van der Waals surface area (Å²) in [5, 5.41) is 14.6. The minimum atomic E-state index is -0.996. The Morgan fingerprint density at radius 3 is 2.47 bits per heavy atom. The molecule has 1 unspecified atom stereocenters. The van der Waals surface area contributed by atoms with E-state index in [1.54, 1.807) is 0 Å². The maximum absolute atomic E-state index is 10.8. The number of carbonyl (C=O) groups excluding carboxylic acids is 1. The summed E-state index contributed by atoms with van der Waals surface area (Å²) in [5.41, 5.74) is 5.26.